The first-order valence-corrected chi connectivity index (χ1v) is 6.66. The molecule has 0 spiro atoms. The van der Waals surface area contributed by atoms with Crippen LogP contribution in [-0.4, -0.2) is 11.5 Å². The largest absolute Gasteiger partial charge is 0.483 e. The number of nitrogens with two attached hydrogens (primary N) is 1. The van der Waals surface area contributed by atoms with Gasteiger partial charge in [-0.3, -0.25) is 4.98 Å². The molecule has 2 rings (SSSR count). The van der Waals surface area contributed by atoms with Crippen LogP contribution >= 0.6 is 34.8 Å². The molecule has 0 radical (unpaired) electrons. The number of ether oxygens (including phenoxy) is 1. The number of halogens is 3. The summed E-state index contributed by atoms with van der Waals surface area (Å²) in [6.45, 7) is 0.306. The van der Waals surface area contributed by atoms with E-state index >= 15 is 0 Å². The van der Waals surface area contributed by atoms with Crippen molar-refractivity contribution in [1.82, 2.24) is 4.98 Å². The first-order chi connectivity index (χ1) is 9.11. The van der Waals surface area contributed by atoms with Crippen LogP contribution in [-0.2, 0) is 0 Å². The molecular weight excluding hydrogens is 307 g/mol. The van der Waals surface area contributed by atoms with Crippen molar-refractivity contribution >= 4 is 34.8 Å². The summed E-state index contributed by atoms with van der Waals surface area (Å²) in [4.78, 5) is 3.95. The number of aromatic nitrogens is 1. The lowest BCUT2D eigenvalue weighted by Gasteiger charge is -2.19. The van der Waals surface area contributed by atoms with Gasteiger partial charge in [0.1, 0.15) is 11.9 Å². The Morgan fingerprint density at radius 1 is 1.05 bits per heavy atom. The van der Waals surface area contributed by atoms with E-state index in [1.807, 2.05) is 12.1 Å². The first kappa shape index (κ1) is 14.4. The Balaban J connectivity index is 2.26. The van der Waals surface area contributed by atoms with E-state index in [9.17, 15) is 0 Å². The minimum absolute atomic E-state index is 0.306. The van der Waals surface area contributed by atoms with Crippen LogP contribution in [0.25, 0.3) is 0 Å². The second-order valence-electron chi connectivity index (χ2n) is 3.82. The molecule has 0 saturated heterocycles. The zero-order valence-electron chi connectivity index (χ0n) is 9.82. The number of nitrogens with zero attached hydrogens (tertiary/aromatic N) is 1. The lowest BCUT2D eigenvalue weighted by molar-refractivity contribution is 0.214. The van der Waals surface area contributed by atoms with Crippen LogP contribution in [0, 0.1) is 0 Å². The molecule has 2 N–H and O–H groups in total. The summed E-state index contributed by atoms with van der Waals surface area (Å²) in [5.74, 6) is 0.448. The predicted octanol–water partition coefficient (Wildman–Crippen LogP) is 4.12. The highest BCUT2D eigenvalue weighted by Crippen LogP contribution is 2.35. The van der Waals surface area contributed by atoms with Crippen molar-refractivity contribution in [1.29, 1.82) is 0 Å². The standard InChI is InChI=1S/C13H11Cl3N2O/c14-9-5-11(16)12(6-10(9)15)19-13(7-17)8-1-3-18-4-2-8/h1-6,13H,7,17H2. The average molecular weight is 318 g/mol. The van der Waals surface area contributed by atoms with Gasteiger partial charge in [-0.15, -0.1) is 0 Å². The number of benzene rings is 1. The summed E-state index contributed by atoms with van der Waals surface area (Å²) >= 11 is 17.9. The summed E-state index contributed by atoms with van der Waals surface area (Å²) in [5.41, 5.74) is 6.64. The molecule has 0 aliphatic rings. The fraction of sp³-hybridized carbons (Fsp3) is 0.154. The first-order valence-electron chi connectivity index (χ1n) is 5.53. The summed E-state index contributed by atoms with van der Waals surface area (Å²) in [5, 5.41) is 1.15. The smallest absolute Gasteiger partial charge is 0.140 e. The van der Waals surface area contributed by atoms with Crippen LogP contribution in [0.5, 0.6) is 5.75 Å². The molecule has 100 valence electrons. The lowest BCUT2D eigenvalue weighted by Crippen LogP contribution is -2.18. The normalized spacial score (nSPS) is 12.2. The van der Waals surface area contributed by atoms with Gasteiger partial charge >= 0.3 is 0 Å². The molecule has 1 aromatic carbocycles. The Hall–Kier alpha value is -1.00. The van der Waals surface area contributed by atoms with Crippen molar-refractivity contribution in [2.75, 3.05) is 6.54 Å². The quantitative estimate of drug-likeness (QED) is 0.863. The molecule has 0 amide bonds. The minimum atomic E-state index is -0.322. The summed E-state index contributed by atoms with van der Waals surface area (Å²) < 4.78 is 5.79. The highest BCUT2D eigenvalue weighted by atomic mass is 35.5. The van der Waals surface area contributed by atoms with E-state index in [-0.39, 0.29) is 6.10 Å². The van der Waals surface area contributed by atoms with Gasteiger partial charge in [-0.25, -0.2) is 0 Å². The van der Waals surface area contributed by atoms with Gasteiger partial charge in [0.25, 0.3) is 0 Å². The van der Waals surface area contributed by atoms with Gasteiger partial charge in [-0.2, -0.15) is 0 Å². The number of pyridine rings is 1. The van der Waals surface area contributed by atoms with E-state index in [0.29, 0.717) is 27.4 Å². The van der Waals surface area contributed by atoms with Gasteiger partial charge in [-0.1, -0.05) is 34.8 Å². The second kappa shape index (κ2) is 6.44. The Morgan fingerprint density at radius 2 is 1.68 bits per heavy atom. The van der Waals surface area contributed by atoms with E-state index in [0.717, 1.165) is 5.56 Å². The summed E-state index contributed by atoms with van der Waals surface area (Å²) in [7, 11) is 0. The third-order valence-corrected chi connectivity index (χ3v) is 3.55. The molecular formula is C13H11Cl3N2O. The van der Waals surface area contributed by atoms with Gasteiger partial charge < -0.3 is 10.5 Å². The number of rotatable bonds is 4. The minimum Gasteiger partial charge on any atom is -0.483 e. The number of hydrogen-bond acceptors (Lipinski definition) is 3. The molecule has 1 atom stereocenters. The van der Waals surface area contributed by atoms with Crippen LogP contribution in [0.15, 0.2) is 36.7 Å². The van der Waals surface area contributed by atoms with Crippen molar-refractivity contribution in [3.8, 4) is 5.75 Å². The van der Waals surface area contributed by atoms with Crippen molar-refractivity contribution in [2.24, 2.45) is 5.73 Å². The van der Waals surface area contributed by atoms with Crippen LogP contribution < -0.4 is 10.5 Å². The predicted molar refractivity (Wildman–Crippen MR) is 78.1 cm³/mol. The monoisotopic (exact) mass is 316 g/mol. The molecule has 1 heterocycles. The zero-order valence-corrected chi connectivity index (χ0v) is 12.1. The average Bonchev–Trinajstić information content (AvgIpc) is 2.42. The van der Waals surface area contributed by atoms with E-state index in [1.165, 1.54) is 0 Å². The van der Waals surface area contributed by atoms with E-state index in [4.69, 9.17) is 45.3 Å². The third-order valence-electron chi connectivity index (χ3n) is 2.54. The molecule has 1 unspecified atom stereocenters. The van der Waals surface area contributed by atoms with E-state index < -0.39 is 0 Å². The van der Waals surface area contributed by atoms with Crippen LogP contribution in [0.3, 0.4) is 0 Å². The molecule has 19 heavy (non-hydrogen) atoms. The van der Waals surface area contributed by atoms with Gasteiger partial charge in [0, 0.05) is 25.0 Å². The SMILES string of the molecule is NCC(Oc1cc(Cl)c(Cl)cc1Cl)c1ccncc1. The van der Waals surface area contributed by atoms with Crippen LogP contribution in [0.1, 0.15) is 11.7 Å². The maximum absolute atomic E-state index is 6.07. The summed E-state index contributed by atoms with van der Waals surface area (Å²) in [6, 6.07) is 6.79. The molecule has 0 aliphatic carbocycles. The Morgan fingerprint density at radius 3 is 2.32 bits per heavy atom. The second-order valence-corrected chi connectivity index (χ2v) is 5.04. The van der Waals surface area contributed by atoms with Gasteiger partial charge in [0.15, 0.2) is 0 Å². The Kier molecular flexibility index (Phi) is 4.88. The fourth-order valence-corrected chi connectivity index (χ4v) is 2.16. The Labute approximate surface area is 126 Å². The van der Waals surface area contributed by atoms with Crippen LogP contribution in [0.4, 0.5) is 0 Å². The number of hydrogen-bond donors (Lipinski definition) is 1. The van der Waals surface area contributed by atoms with Crippen molar-refractivity contribution in [3.05, 3.63) is 57.3 Å². The van der Waals surface area contributed by atoms with Crippen molar-refractivity contribution in [2.45, 2.75) is 6.10 Å². The maximum Gasteiger partial charge on any atom is 0.140 e. The molecule has 0 fully saturated rings. The highest BCUT2D eigenvalue weighted by Gasteiger charge is 2.14. The maximum atomic E-state index is 6.07. The Bertz CT molecular complexity index is 563. The van der Waals surface area contributed by atoms with Crippen molar-refractivity contribution in [3.63, 3.8) is 0 Å². The van der Waals surface area contributed by atoms with Crippen LogP contribution in [0.2, 0.25) is 15.1 Å². The van der Waals surface area contributed by atoms with Gasteiger partial charge in [-0.05, 0) is 23.8 Å². The molecule has 6 heteroatoms. The molecule has 3 nitrogen and oxygen atoms in total. The molecule has 0 aliphatic heterocycles. The zero-order chi connectivity index (χ0) is 13.8. The van der Waals surface area contributed by atoms with E-state index in [1.54, 1.807) is 24.5 Å². The summed E-state index contributed by atoms with van der Waals surface area (Å²) in [6.07, 6.45) is 3.04. The van der Waals surface area contributed by atoms with Gasteiger partial charge in [0.2, 0.25) is 0 Å². The van der Waals surface area contributed by atoms with E-state index in [2.05, 4.69) is 4.98 Å². The lowest BCUT2D eigenvalue weighted by atomic mass is 10.1. The van der Waals surface area contributed by atoms with Crippen molar-refractivity contribution < 1.29 is 4.74 Å². The topological polar surface area (TPSA) is 48.1 Å². The molecule has 1 aromatic heterocycles. The molecule has 0 saturated carbocycles. The fourth-order valence-electron chi connectivity index (χ4n) is 1.58. The van der Waals surface area contributed by atoms with Gasteiger partial charge in [0.05, 0.1) is 15.1 Å². The molecule has 2 aromatic rings. The third kappa shape index (κ3) is 3.51. The highest BCUT2D eigenvalue weighted by molar-refractivity contribution is 6.43. The molecule has 0 bridgehead atoms.